The first kappa shape index (κ1) is 23.2. The molecule has 1 aromatic carbocycles. The summed E-state index contributed by atoms with van der Waals surface area (Å²) in [6.07, 6.45) is 9.22. The van der Waals surface area contributed by atoms with Gasteiger partial charge in [-0.3, -0.25) is 9.80 Å². The summed E-state index contributed by atoms with van der Waals surface area (Å²) >= 11 is 0. The Balaban J connectivity index is 1.28. The van der Waals surface area contributed by atoms with Gasteiger partial charge in [0.15, 0.2) is 0 Å². The van der Waals surface area contributed by atoms with Gasteiger partial charge in [0.1, 0.15) is 5.82 Å². The molecule has 174 valence electrons. The van der Waals surface area contributed by atoms with E-state index in [1.54, 1.807) is 12.1 Å². The first-order chi connectivity index (χ1) is 15.2. The van der Waals surface area contributed by atoms with Crippen molar-refractivity contribution in [1.82, 2.24) is 14.7 Å². The van der Waals surface area contributed by atoms with Crippen LogP contribution >= 0.6 is 0 Å². The first-order valence-electron chi connectivity index (χ1n) is 12.7. The normalized spacial score (nSPS) is 24.9. The van der Waals surface area contributed by atoms with Crippen molar-refractivity contribution in [2.45, 2.75) is 70.6 Å². The van der Waals surface area contributed by atoms with Gasteiger partial charge in [-0.25, -0.2) is 4.39 Å². The standard InChI is InChI=1S/C26H42FN3O/c1-2-13-28-16-11-24(12-17-28)30(21-25-7-5-18-31-25)19-22-9-14-29(15-10-22)20-23-6-3-4-8-26(23)27/h3-4,6,8,22,24-25H,2,5,7,9-21H2,1H3/t25-/m1/s1. The minimum Gasteiger partial charge on any atom is -0.377 e. The van der Waals surface area contributed by atoms with E-state index in [0.29, 0.717) is 12.1 Å². The maximum atomic E-state index is 14.0. The number of rotatable bonds is 9. The van der Waals surface area contributed by atoms with Gasteiger partial charge in [-0.05, 0) is 89.7 Å². The zero-order valence-electron chi connectivity index (χ0n) is 19.5. The average Bonchev–Trinajstić information content (AvgIpc) is 3.30. The third-order valence-electron chi connectivity index (χ3n) is 7.63. The summed E-state index contributed by atoms with van der Waals surface area (Å²) in [7, 11) is 0. The lowest BCUT2D eigenvalue weighted by Gasteiger charge is -2.42. The van der Waals surface area contributed by atoms with E-state index in [1.165, 1.54) is 71.1 Å². The summed E-state index contributed by atoms with van der Waals surface area (Å²) in [6.45, 7) is 12.2. The van der Waals surface area contributed by atoms with Gasteiger partial charge in [-0.15, -0.1) is 0 Å². The Morgan fingerprint density at radius 1 is 0.968 bits per heavy atom. The van der Waals surface area contributed by atoms with Crippen molar-refractivity contribution in [1.29, 1.82) is 0 Å². The molecule has 0 spiro atoms. The maximum absolute atomic E-state index is 14.0. The Kier molecular flexibility index (Phi) is 8.77. The summed E-state index contributed by atoms with van der Waals surface area (Å²) in [6, 6.07) is 7.95. The van der Waals surface area contributed by atoms with Crippen molar-refractivity contribution in [3.8, 4) is 0 Å². The third kappa shape index (κ3) is 6.74. The predicted molar refractivity (Wildman–Crippen MR) is 125 cm³/mol. The molecule has 1 aromatic rings. The van der Waals surface area contributed by atoms with Crippen LogP contribution in [0.15, 0.2) is 24.3 Å². The number of likely N-dealkylation sites (tertiary alicyclic amines) is 2. The van der Waals surface area contributed by atoms with Gasteiger partial charge in [-0.1, -0.05) is 25.1 Å². The zero-order valence-corrected chi connectivity index (χ0v) is 19.5. The number of benzene rings is 1. The molecule has 0 amide bonds. The fourth-order valence-electron chi connectivity index (χ4n) is 5.77. The lowest BCUT2D eigenvalue weighted by atomic mass is 9.93. The van der Waals surface area contributed by atoms with E-state index in [4.69, 9.17) is 4.74 Å². The van der Waals surface area contributed by atoms with Gasteiger partial charge in [0, 0.05) is 37.8 Å². The van der Waals surface area contributed by atoms with E-state index >= 15 is 0 Å². The molecule has 0 aromatic heterocycles. The van der Waals surface area contributed by atoms with Crippen LogP contribution in [0.4, 0.5) is 4.39 Å². The monoisotopic (exact) mass is 431 g/mol. The molecule has 0 radical (unpaired) electrons. The largest absolute Gasteiger partial charge is 0.377 e. The van der Waals surface area contributed by atoms with E-state index < -0.39 is 0 Å². The number of hydrogen-bond acceptors (Lipinski definition) is 4. The van der Waals surface area contributed by atoms with E-state index in [0.717, 1.165) is 44.3 Å². The lowest BCUT2D eigenvalue weighted by molar-refractivity contribution is 0.0237. The van der Waals surface area contributed by atoms with Gasteiger partial charge in [0.25, 0.3) is 0 Å². The Morgan fingerprint density at radius 3 is 2.39 bits per heavy atom. The SMILES string of the molecule is CCCN1CCC(N(CC2CCN(Cc3ccccc3F)CC2)C[C@H]2CCCO2)CC1. The van der Waals surface area contributed by atoms with Crippen LogP contribution in [-0.2, 0) is 11.3 Å². The molecule has 3 aliphatic heterocycles. The Hall–Kier alpha value is -1.01. The minimum absolute atomic E-state index is 0.0678. The smallest absolute Gasteiger partial charge is 0.127 e. The molecule has 31 heavy (non-hydrogen) atoms. The van der Waals surface area contributed by atoms with Crippen LogP contribution in [0.2, 0.25) is 0 Å². The Morgan fingerprint density at radius 2 is 1.71 bits per heavy atom. The molecule has 3 aliphatic rings. The van der Waals surface area contributed by atoms with Crippen molar-refractivity contribution < 1.29 is 9.13 Å². The van der Waals surface area contributed by atoms with Crippen LogP contribution in [0.5, 0.6) is 0 Å². The fraction of sp³-hybridized carbons (Fsp3) is 0.769. The molecular weight excluding hydrogens is 389 g/mol. The molecule has 5 heteroatoms. The fourth-order valence-corrected chi connectivity index (χ4v) is 5.77. The molecule has 0 bridgehead atoms. The van der Waals surface area contributed by atoms with Gasteiger partial charge < -0.3 is 9.64 Å². The summed E-state index contributed by atoms with van der Waals surface area (Å²) in [5.41, 5.74) is 0.833. The summed E-state index contributed by atoms with van der Waals surface area (Å²) in [5.74, 6) is 0.689. The van der Waals surface area contributed by atoms with Crippen molar-refractivity contribution >= 4 is 0 Å². The Labute approximate surface area is 188 Å². The first-order valence-corrected chi connectivity index (χ1v) is 12.7. The van der Waals surface area contributed by atoms with Crippen molar-refractivity contribution in [3.05, 3.63) is 35.6 Å². The highest BCUT2D eigenvalue weighted by molar-refractivity contribution is 5.17. The highest BCUT2D eigenvalue weighted by atomic mass is 19.1. The molecule has 3 fully saturated rings. The van der Waals surface area contributed by atoms with Gasteiger partial charge >= 0.3 is 0 Å². The van der Waals surface area contributed by atoms with E-state index in [9.17, 15) is 4.39 Å². The van der Waals surface area contributed by atoms with Crippen LogP contribution in [-0.4, -0.2) is 79.3 Å². The molecule has 0 aliphatic carbocycles. The highest BCUT2D eigenvalue weighted by Crippen LogP contribution is 2.26. The van der Waals surface area contributed by atoms with Crippen molar-refractivity contribution in [3.63, 3.8) is 0 Å². The Bertz CT molecular complexity index is 650. The van der Waals surface area contributed by atoms with Gasteiger partial charge in [-0.2, -0.15) is 0 Å². The van der Waals surface area contributed by atoms with Gasteiger partial charge in [0.05, 0.1) is 6.10 Å². The molecule has 0 N–H and O–H groups in total. The number of ether oxygens (including phenoxy) is 1. The van der Waals surface area contributed by atoms with E-state index in [2.05, 4.69) is 21.6 Å². The van der Waals surface area contributed by atoms with Crippen molar-refractivity contribution in [2.24, 2.45) is 5.92 Å². The van der Waals surface area contributed by atoms with Crippen LogP contribution in [0.3, 0.4) is 0 Å². The predicted octanol–water partition coefficient (Wildman–Crippen LogP) is 4.39. The summed E-state index contributed by atoms with van der Waals surface area (Å²) < 4.78 is 20.0. The van der Waals surface area contributed by atoms with Crippen LogP contribution in [0.25, 0.3) is 0 Å². The molecule has 3 heterocycles. The number of nitrogens with zero attached hydrogens (tertiary/aromatic N) is 3. The van der Waals surface area contributed by atoms with Crippen LogP contribution < -0.4 is 0 Å². The van der Waals surface area contributed by atoms with Crippen LogP contribution in [0.1, 0.15) is 57.4 Å². The second-order valence-corrected chi connectivity index (χ2v) is 9.97. The molecule has 4 rings (SSSR count). The van der Waals surface area contributed by atoms with E-state index in [1.807, 2.05) is 12.1 Å². The molecule has 3 saturated heterocycles. The summed E-state index contributed by atoms with van der Waals surface area (Å²) in [5, 5.41) is 0. The maximum Gasteiger partial charge on any atom is 0.127 e. The molecular formula is C26H42FN3O. The second kappa shape index (κ2) is 11.7. The highest BCUT2D eigenvalue weighted by Gasteiger charge is 2.30. The number of halogens is 1. The zero-order chi connectivity index (χ0) is 21.5. The van der Waals surface area contributed by atoms with Crippen molar-refractivity contribution in [2.75, 3.05) is 52.4 Å². The number of piperidine rings is 2. The lowest BCUT2D eigenvalue weighted by Crippen LogP contribution is -2.49. The molecule has 4 nitrogen and oxygen atoms in total. The summed E-state index contributed by atoms with van der Waals surface area (Å²) in [4.78, 5) is 7.88. The number of hydrogen-bond donors (Lipinski definition) is 0. The molecule has 0 saturated carbocycles. The topological polar surface area (TPSA) is 19.0 Å². The minimum atomic E-state index is -0.0678. The second-order valence-electron chi connectivity index (χ2n) is 9.97. The molecule has 0 unspecified atom stereocenters. The van der Waals surface area contributed by atoms with Crippen LogP contribution in [0, 0.1) is 11.7 Å². The van der Waals surface area contributed by atoms with Gasteiger partial charge in [0.2, 0.25) is 0 Å². The van der Waals surface area contributed by atoms with E-state index in [-0.39, 0.29) is 5.82 Å². The third-order valence-corrected chi connectivity index (χ3v) is 7.63. The quantitative estimate of drug-likeness (QED) is 0.577. The average molecular weight is 432 g/mol. The molecule has 1 atom stereocenters.